The molecule has 5 N–H and O–H groups in total. The number of ether oxygens (including phenoxy) is 1. The SMILES string of the molecule is Cc1cc(C)c(S(=O)(=O)N[C@@H](CNC(=O)CO[C@@H]2C[C@@H](CNc3ccccn3)N(C(=O)NCCc3ccccc3)C2)C(=O)O)c(C)c1. The summed E-state index contributed by atoms with van der Waals surface area (Å²) in [5.41, 5.74) is 2.96. The van der Waals surface area contributed by atoms with Gasteiger partial charge in [0, 0.05) is 32.4 Å². The van der Waals surface area contributed by atoms with Crippen LogP contribution in [0.15, 0.2) is 71.8 Å². The minimum Gasteiger partial charge on any atom is -0.480 e. The monoisotopic (exact) mass is 666 g/mol. The Morgan fingerprint density at radius 1 is 1.02 bits per heavy atom. The van der Waals surface area contributed by atoms with Gasteiger partial charge in [0.25, 0.3) is 0 Å². The molecule has 0 spiro atoms. The van der Waals surface area contributed by atoms with Gasteiger partial charge in [-0.3, -0.25) is 9.59 Å². The molecule has 1 saturated heterocycles. The fourth-order valence-electron chi connectivity index (χ4n) is 5.66. The van der Waals surface area contributed by atoms with Crippen LogP contribution in [0.25, 0.3) is 0 Å². The van der Waals surface area contributed by atoms with E-state index in [2.05, 4.69) is 25.7 Å². The molecule has 0 bridgehead atoms. The number of urea groups is 1. The van der Waals surface area contributed by atoms with Crippen LogP contribution in [0, 0.1) is 20.8 Å². The maximum absolute atomic E-state index is 13.2. The maximum Gasteiger partial charge on any atom is 0.323 e. The molecule has 2 heterocycles. The molecule has 0 unspecified atom stereocenters. The molecule has 14 heteroatoms. The van der Waals surface area contributed by atoms with Crippen LogP contribution in [0.1, 0.15) is 28.7 Å². The molecule has 1 aromatic heterocycles. The van der Waals surface area contributed by atoms with E-state index in [9.17, 15) is 27.9 Å². The standard InChI is InChI=1S/C33H42N6O7S/c1-22-15-23(2)31(24(3)16-22)47(44,45)38-28(32(41)42)19-37-30(40)21-46-27-17-26(18-36-29-11-7-8-13-34-29)39(20-27)33(43)35-14-12-25-9-5-4-6-10-25/h4-11,13,15-16,26-28,38H,12,14,17-21H2,1-3H3,(H,34,36)(H,35,43)(H,37,40)(H,41,42)/t26-,27+,28-/m0/s1. The number of aliphatic carboxylic acids is 1. The molecule has 1 fully saturated rings. The first-order valence-electron chi connectivity index (χ1n) is 15.4. The number of nitrogens with one attached hydrogen (secondary N) is 4. The summed E-state index contributed by atoms with van der Waals surface area (Å²) < 4.78 is 34.2. The zero-order chi connectivity index (χ0) is 34.0. The maximum atomic E-state index is 13.2. The number of carboxylic acids is 1. The van der Waals surface area contributed by atoms with Crippen LogP contribution in [-0.2, 0) is 30.8 Å². The third-order valence-corrected chi connectivity index (χ3v) is 9.55. The summed E-state index contributed by atoms with van der Waals surface area (Å²) in [5, 5.41) is 18.3. The Hall–Kier alpha value is -4.53. The van der Waals surface area contributed by atoms with Crippen molar-refractivity contribution >= 4 is 33.7 Å². The van der Waals surface area contributed by atoms with Crippen LogP contribution in [0.5, 0.6) is 0 Å². The van der Waals surface area contributed by atoms with Crippen molar-refractivity contribution in [1.82, 2.24) is 25.2 Å². The number of carbonyl (C=O) groups excluding carboxylic acids is 2. The minimum absolute atomic E-state index is 0.00555. The van der Waals surface area contributed by atoms with Gasteiger partial charge in [0.05, 0.1) is 17.0 Å². The highest BCUT2D eigenvalue weighted by atomic mass is 32.2. The molecule has 47 heavy (non-hydrogen) atoms. The van der Waals surface area contributed by atoms with Gasteiger partial charge in [-0.05, 0) is 62.4 Å². The van der Waals surface area contributed by atoms with Crippen molar-refractivity contribution in [3.63, 3.8) is 0 Å². The van der Waals surface area contributed by atoms with Gasteiger partial charge in [-0.2, -0.15) is 4.72 Å². The van der Waals surface area contributed by atoms with Crippen molar-refractivity contribution in [2.24, 2.45) is 0 Å². The highest BCUT2D eigenvalue weighted by Gasteiger charge is 2.36. The quantitative estimate of drug-likeness (QED) is 0.163. The molecule has 3 amide bonds. The Kier molecular flexibility index (Phi) is 12.3. The number of nitrogens with zero attached hydrogens (tertiary/aromatic N) is 2. The summed E-state index contributed by atoms with van der Waals surface area (Å²) >= 11 is 0. The number of aromatic nitrogens is 1. The van der Waals surface area contributed by atoms with Gasteiger partial charge in [0.2, 0.25) is 15.9 Å². The summed E-state index contributed by atoms with van der Waals surface area (Å²) in [4.78, 5) is 43.7. The van der Waals surface area contributed by atoms with Crippen LogP contribution in [0.2, 0.25) is 0 Å². The summed E-state index contributed by atoms with van der Waals surface area (Å²) in [6.45, 7) is 5.34. The highest BCUT2D eigenvalue weighted by molar-refractivity contribution is 7.89. The molecule has 3 aromatic rings. The number of aryl methyl sites for hydroxylation is 3. The largest absolute Gasteiger partial charge is 0.480 e. The second-order valence-electron chi connectivity index (χ2n) is 11.6. The third kappa shape index (κ3) is 10.2. The molecular formula is C33H42N6O7S. The summed E-state index contributed by atoms with van der Waals surface area (Å²) in [5.74, 6) is -1.39. The van der Waals surface area contributed by atoms with Crippen molar-refractivity contribution in [2.45, 2.75) is 56.7 Å². The number of anilines is 1. The van der Waals surface area contributed by atoms with Crippen LogP contribution in [0.4, 0.5) is 10.6 Å². The van der Waals surface area contributed by atoms with E-state index in [-0.39, 0.29) is 23.5 Å². The van der Waals surface area contributed by atoms with E-state index in [4.69, 9.17) is 4.74 Å². The van der Waals surface area contributed by atoms with Crippen molar-refractivity contribution in [3.05, 3.63) is 89.1 Å². The van der Waals surface area contributed by atoms with Gasteiger partial charge in [-0.1, -0.05) is 54.1 Å². The number of hydrogen-bond acceptors (Lipinski definition) is 8. The molecule has 1 aliphatic rings. The number of amides is 3. The van der Waals surface area contributed by atoms with E-state index in [0.29, 0.717) is 42.9 Å². The predicted octanol–water partition coefficient (Wildman–Crippen LogP) is 2.38. The molecule has 13 nitrogen and oxygen atoms in total. The zero-order valence-corrected chi connectivity index (χ0v) is 27.5. The van der Waals surface area contributed by atoms with E-state index < -0.39 is 47.2 Å². The Bertz CT molecular complexity index is 1620. The molecule has 0 aliphatic carbocycles. The van der Waals surface area contributed by atoms with Crippen molar-refractivity contribution in [3.8, 4) is 0 Å². The Morgan fingerprint density at radius 3 is 2.38 bits per heavy atom. The average molecular weight is 667 g/mol. The number of carboxylic acid groups (broad SMARTS) is 1. The number of pyridine rings is 1. The van der Waals surface area contributed by atoms with Crippen LogP contribution in [-0.4, -0.2) is 92.3 Å². The first-order valence-corrected chi connectivity index (χ1v) is 16.9. The van der Waals surface area contributed by atoms with Crippen molar-refractivity contribution < 1.29 is 32.6 Å². The van der Waals surface area contributed by atoms with Gasteiger partial charge in [-0.25, -0.2) is 18.2 Å². The Balaban J connectivity index is 1.31. The summed E-state index contributed by atoms with van der Waals surface area (Å²) in [7, 11) is -4.19. The van der Waals surface area contributed by atoms with Crippen LogP contribution >= 0.6 is 0 Å². The molecule has 252 valence electrons. The lowest BCUT2D eigenvalue weighted by Gasteiger charge is -2.25. The second kappa shape index (κ2) is 16.3. The summed E-state index contributed by atoms with van der Waals surface area (Å²) in [6.07, 6.45) is 2.33. The first kappa shape index (κ1) is 35.3. The van der Waals surface area contributed by atoms with E-state index in [1.54, 1.807) is 37.1 Å². The Morgan fingerprint density at radius 2 is 1.72 bits per heavy atom. The fraction of sp³-hybridized carbons (Fsp3) is 0.394. The van der Waals surface area contributed by atoms with E-state index in [0.717, 1.165) is 11.1 Å². The van der Waals surface area contributed by atoms with E-state index in [1.165, 1.54) is 0 Å². The zero-order valence-electron chi connectivity index (χ0n) is 26.7. The Labute approximate surface area is 275 Å². The van der Waals surface area contributed by atoms with Gasteiger partial charge < -0.3 is 30.7 Å². The van der Waals surface area contributed by atoms with Crippen LogP contribution in [0.3, 0.4) is 0 Å². The topological polar surface area (TPSA) is 179 Å². The lowest BCUT2D eigenvalue weighted by molar-refractivity contribution is -0.139. The molecule has 1 aliphatic heterocycles. The van der Waals surface area contributed by atoms with Crippen LogP contribution < -0.4 is 20.7 Å². The first-order chi connectivity index (χ1) is 22.4. The summed E-state index contributed by atoms with van der Waals surface area (Å²) in [6, 6.07) is 16.6. The number of sulfonamides is 1. The normalized spacial score (nSPS) is 16.8. The molecule has 0 saturated carbocycles. The van der Waals surface area contributed by atoms with Gasteiger partial charge >= 0.3 is 12.0 Å². The van der Waals surface area contributed by atoms with Gasteiger partial charge in [-0.15, -0.1) is 0 Å². The van der Waals surface area contributed by atoms with Crippen molar-refractivity contribution in [2.75, 3.05) is 38.1 Å². The van der Waals surface area contributed by atoms with Crippen molar-refractivity contribution in [1.29, 1.82) is 0 Å². The minimum atomic E-state index is -4.19. The lowest BCUT2D eigenvalue weighted by Crippen LogP contribution is -2.49. The van der Waals surface area contributed by atoms with E-state index in [1.807, 2.05) is 55.5 Å². The predicted molar refractivity (Wildman–Crippen MR) is 177 cm³/mol. The second-order valence-corrected chi connectivity index (χ2v) is 13.2. The number of likely N-dealkylation sites (tertiary alicyclic amines) is 1. The van der Waals surface area contributed by atoms with Gasteiger partial charge in [0.15, 0.2) is 0 Å². The number of hydrogen-bond donors (Lipinski definition) is 5. The molecule has 2 aromatic carbocycles. The number of rotatable bonds is 15. The molecular weight excluding hydrogens is 624 g/mol. The highest BCUT2D eigenvalue weighted by Crippen LogP contribution is 2.23. The molecule has 3 atom stereocenters. The number of benzene rings is 2. The smallest absolute Gasteiger partial charge is 0.323 e. The lowest BCUT2D eigenvalue weighted by atomic mass is 10.1. The van der Waals surface area contributed by atoms with E-state index >= 15 is 0 Å². The average Bonchev–Trinajstić information content (AvgIpc) is 3.44. The molecule has 4 rings (SSSR count). The third-order valence-electron chi connectivity index (χ3n) is 7.78. The van der Waals surface area contributed by atoms with Gasteiger partial charge in [0.1, 0.15) is 18.5 Å². The number of carbonyl (C=O) groups is 3. The molecule has 0 radical (unpaired) electrons. The fourth-order valence-corrected chi connectivity index (χ4v) is 7.31.